The minimum absolute atomic E-state index is 0.109. The molecule has 0 amide bonds. The second-order valence-corrected chi connectivity index (χ2v) is 9.09. The highest BCUT2D eigenvalue weighted by Gasteiger charge is 2.26. The molecule has 1 aliphatic rings. The molecule has 0 bridgehead atoms. The van der Waals surface area contributed by atoms with Crippen LogP contribution >= 0.6 is 0 Å². The molecule has 4 aromatic heterocycles. The lowest BCUT2D eigenvalue weighted by Crippen LogP contribution is -2.44. The van der Waals surface area contributed by atoms with Crippen molar-refractivity contribution in [1.82, 2.24) is 23.9 Å². The third-order valence-electron chi connectivity index (χ3n) is 5.21. The number of morpholine rings is 1. The summed E-state index contributed by atoms with van der Waals surface area (Å²) in [6.07, 6.45) is 7.97. The van der Waals surface area contributed by atoms with E-state index in [0.717, 1.165) is 16.5 Å². The van der Waals surface area contributed by atoms with Crippen LogP contribution in [0.5, 0.6) is 0 Å². The number of aromatic amines is 1. The third-order valence-corrected chi connectivity index (χ3v) is 6.21. The number of ether oxygens (including phenoxy) is 1. The van der Waals surface area contributed by atoms with Crippen LogP contribution in [0.25, 0.3) is 33.3 Å². The van der Waals surface area contributed by atoms with Crippen molar-refractivity contribution in [2.75, 3.05) is 30.9 Å². The Morgan fingerprint density at radius 1 is 1.21 bits per heavy atom. The van der Waals surface area contributed by atoms with Crippen molar-refractivity contribution in [2.45, 2.75) is 13.0 Å². The van der Waals surface area contributed by atoms with Crippen molar-refractivity contribution >= 4 is 37.8 Å². The number of rotatable bonds is 3. The Morgan fingerprint density at radius 3 is 2.86 bits per heavy atom. The molecule has 1 aliphatic heterocycles. The van der Waals surface area contributed by atoms with Crippen molar-refractivity contribution in [3.63, 3.8) is 0 Å². The van der Waals surface area contributed by atoms with E-state index in [0.29, 0.717) is 42.4 Å². The zero-order valence-electron chi connectivity index (χ0n) is 16.0. The quantitative estimate of drug-likeness (QED) is 0.549. The smallest absolute Gasteiger partial charge is 0.237 e. The highest BCUT2D eigenvalue weighted by Crippen LogP contribution is 2.32. The highest BCUT2D eigenvalue weighted by atomic mass is 32.2. The van der Waals surface area contributed by atoms with Crippen molar-refractivity contribution in [1.29, 1.82) is 0 Å². The lowest BCUT2D eigenvalue weighted by atomic mass is 10.1. The molecule has 0 saturated carbocycles. The van der Waals surface area contributed by atoms with Gasteiger partial charge in [0.2, 0.25) is 10.0 Å². The molecule has 9 nitrogen and oxygen atoms in total. The number of pyridine rings is 1. The topological polar surface area (TPSA) is 106 Å². The molecule has 1 fully saturated rings. The van der Waals surface area contributed by atoms with E-state index in [1.165, 1.54) is 16.4 Å². The van der Waals surface area contributed by atoms with Gasteiger partial charge < -0.3 is 14.6 Å². The predicted molar refractivity (Wildman–Crippen MR) is 110 cm³/mol. The van der Waals surface area contributed by atoms with Crippen molar-refractivity contribution in [3.05, 3.63) is 36.9 Å². The highest BCUT2D eigenvalue weighted by molar-refractivity contribution is 7.89. The molecule has 5 heterocycles. The molecule has 5 rings (SSSR count). The standard InChI is InChI=1S/C19H20N6O3S/c1-12-11-28-8-7-24(12)18-14-4-6-25(29(2,26)27)19(14)23-17(22-18)15-9-20-10-16-13(15)3-5-21-16/h3-6,9-10,12,21H,7-8,11H2,1-2H3. The molecule has 0 spiro atoms. The number of anilines is 1. The summed E-state index contributed by atoms with van der Waals surface area (Å²) in [6, 6.07) is 3.80. The van der Waals surface area contributed by atoms with Gasteiger partial charge in [0.05, 0.1) is 42.6 Å². The minimum Gasteiger partial charge on any atom is -0.377 e. The van der Waals surface area contributed by atoms with Crippen LogP contribution in [0.1, 0.15) is 6.92 Å². The van der Waals surface area contributed by atoms with Crippen LogP contribution in [0.3, 0.4) is 0 Å². The van der Waals surface area contributed by atoms with Crippen LogP contribution in [0, 0.1) is 0 Å². The first-order valence-corrected chi connectivity index (χ1v) is 11.1. The second-order valence-electron chi connectivity index (χ2n) is 7.23. The Balaban J connectivity index is 1.82. The van der Waals surface area contributed by atoms with Crippen LogP contribution in [0.15, 0.2) is 36.9 Å². The van der Waals surface area contributed by atoms with E-state index in [1.807, 2.05) is 12.3 Å². The maximum atomic E-state index is 12.3. The summed E-state index contributed by atoms with van der Waals surface area (Å²) < 4.78 is 31.4. The average molecular weight is 412 g/mol. The van der Waals surface area contributed by atoms with Crippen LogP contribution in [-0.2, 0) is 14.8 Å². The molecule has 0 aliphatic carbocycles. The van der Waals surface area contributed by atoms with Gasteiger partial charge >= 0.3 is 0 Å². The summed E-state index contributed by atoms with van der Waals surface area (Å²) >= 11 is 0. The van der Waals surface area contributed by atoms with Crippen molar-refractivity contribution < 1.29 is 13.2 Å². The number of fused-ring (bicyclic) bond motifs is 2. The summed E-state index contributed by atoms with van der Waals surface area (Å²) in [5.74, 6) is 1.14. The zero-order chi connectivity index (χ0) is 20.2. The van der Waals surface area contributed by atoms with Crippen LogP contribution in [-0.4, -0.2) is 64.4 Å². The van der Waals surface area contributed by atoms with Gasteiger partial charge in [-0.05, 0) is 19.1 Å². The molecule has 29 heavy (non-hydrogen) atoms. The second kappa shape index (κ2) is 6.53. The normalized spacial score (nSPS) is 18.0. The van der Waals surface area contributed by atoms with Crippen LogP contribution in [0.4, 0.5) is 5.82 Å². The molecule has 1 N–H and O–H groups in total. The van der Waals surface area contributed by atoms with E-state index >= 15 is 0 Å². The number of hydrogen-bond acceptors (Lipinski definition) is 7. The monoisotopic (exact) mass is 412 g/mol. The number of nitrogens with zero attached hydrogens (tertiary/aromatic N) is 5. The fourth-order valence-corrected chi connectivity index (χ4v) is 4.52. The van der Waals surface area contributed by atoms with Crippen molar-refractivity contribution in [2.24, 2.45) is 0 Å². The molecule has 0 aromatic carbocycles. The fraction of sp³-hybridized carbons (Fsp3) is 0.316. The molecule has 10 heteroatoms. The number of nitrogens with one attached hydrogen (secondary N) is 1. The summed E-state index contributed by atoms with van der Waals surface area (Å²) in [4.78, 5) is 19.1. The third kappa shape index (κ3) is 2.95. The summed E-state index contributed by atoms with van der Waals surface area (Å²) in [7, 11) is -3.52. The maximum absolute atomic E-state index is 12.3. The molecule has 4 aromatic rings. The van der Waals surface area contributed by atoms with E-state index in [9.17, 15) is 8.42 Å². The van der Waals surface area contributed by atoms with E-state index in [2.05, 4.69) is 26.8 Å². The minimum atomic E-state index is -3.52. The fourth-order valence-electron chi connectivity index (χ4n) is 3.78. The summed E-state index contributed by atoms with van der Waals surface area (Å²) in [5.41, 5.74) is 1.97. The molecule has 0 radical (unpaired) electrons. The first-order valence-electron chi connectivity index (χ1n) is 9.29. The first kappa shape index (κ1) is 18.1. The lowest BCUT2D eigenvalue weighted by Gasteiger charge is -2.34. The Kier molecular flexibility index (Phi) is 4.07. The molecule has 1 atom stereocenters. The van der Waals surface area contributed by atoms with Gasteiger partial charge in [-0.3, -0.25) is 4.98 Å². The Labute approximate surface area is 167 Å². The van der Waals surface area contributed by atoms with E-state index in [4.69, 9.17) is 9.72 Å². The molecular formula is C19H20N6O3S. The Hall–Kier alpha value is -2.98. The summed E-state index contributed by atoms with van der Waals surface area (Å²) in [6.45, 7) is 3.91. The number of H-pyrrole nitrogens is 1. The molecule has 1 saturated heterocycles. The van der Waals surface area contributed by atoms with Gasteiger partial charge in [0.1, 0.15) is 5.82 Å². The van der Waals surface area contributed by atoms with Gasteiger partial charge in [-0.1, -0.05) is 0 Å². The van der Waals surface area contributed by atoms with Gasteiger partial charge in [0.25, 0.3) is 0 Å². The molecule has 1 unspecified atom stereocenters. The predicted octanol–water partition coefficient (Wildman–Crippen LogP) is 2.01. The largest absolute Gasteiger partial charge is 0.377 e. The van der Waals surface area contributed by atoms with Gasteiger partial charge in [0, 0.05) is 36.1 Å². The summed E-state index contributed by atoms with van der Waals surface area (Å²) in [5, 5.41) is 1.62. The Bertz CT molecular complexity index is 1330. The van der Waals surface area contributed by atoms with Gasteiger partial charge in [-0.25, -0.2) is 22.4 Å². The Morgan fingerprint density at radius 2 is 2.07 bits per heavy atom. The van der Waals surface area contributed by atoms with Crippen LogP contribution < -0.4 is 4.90 Å². The van der Waals surface area contributed by atoms with Crippen LogP contribution in [0.2, 0.25) is 0 Å². The zero-order valence-corrected chi connectivity index (χ0v) is 16.8. The van der Waals surface area contributed by atoms with Gasteiger partial charge in [-0.15, -0.1) is 0 Å². The van der Waals surface area contributed by atoms with Crippen molar-refractivity contribution in [3.8, 4) is 11.4 Å². The van der Waals surface area contributed by atoms with Gasteiger partial charge in [0.15, 0.2) is 11.5 Å². The van der Waals surface area contributed by atoms with E-state index in [-0.39, 0.29) is 6.04 Å². The number of aromatic nitrogens is 5. The van der Waals surface area contributed by atoms with E-state index < -0.39 is 10.0 Å². The maximum Gasteiger partial charge on any atom is 0.237 e. The SMILES string of the molecule is CC1COCCN1c1nc(-c2cncc3[nH]ccc23)nc2c1ccn2S(C)(=O)=O. The molecule has 150 valence electrons. The van der Waals surface area contributed by atoms with Gasteiger partial charge in [-0.2, -0.15) is 0 Å². The lowest BCUT2D eigenvalue weighted by molar-refractivity contribution is 0.0987. The van der Waals surface area contributed by atoms with E-state index in [1.54, 1.807) is 18.5 Å². The molecular weight excluding hydrogens is 392 g/mol. The first-order chi connectivity index (χ1) is 13.9. The number of hydrogen-bond donors (Lipinski definition) is 1. The average Bonchev–Trinajstić information content (AvgIpc) is 3.34.